The van der Waals surface area contributed by atoms with Gasteiger partial charge in [-0.15, -0.1) is 0 Å². The molecule has 0 spiro atoms. The van der Waals surface area contributed by atoms with Gasteiger partial charge in [-0.2, -0.15) is 11.8 Å². The summed E-state index contributed by atoms with van der Waals surface area (Å²) in [4.78, 5) is 35.9. The van der Waals surface area contributed by atoms with Crippen molar-refractivity contribution in [2.75, 3.05) is 25.6 Å². The van der Waals surface area contributed by atoms with Crippen molar-refractivity contribution in [1.29, 1.82) is 0 Å². The predicted molar refractivity (Wildman–Crippen MR) is 91.8 cm³/mol. The van der Waals surface area contributed by atoms with E-state index in [4.69, 9.17) is 9.84 Å². The molecule has 0 radical (unpaired) electrons. The van der Waals surface area contributed by atoms with Gasteiger partial charge in [0.25, 0.3) is 0 Å². The van der Waals surface area contributed by atoms with Crippen LogP contribution in [0.15, 0.2) is 30.3 Å². The number of carbonyl (C=O) groups excluding carboxylic acids is 2. The Morgan fingerprint density at radius 2 is 1.96 bits per heavy atom. The number of benzene rings is 1. The van der Waals surface area contributed by atoms with Crippen LogP contribution in [0.25, 0.3) is 0 Å². The van der Waals surface area contributed by atoms with Gasteiger partial charge < -0.3 is 20.1 Å². The monoisotopic (exact) mass is 354 g/mol. The number of ether oxygens (including phenoxy) is 1. The molecule has 0 fully saturated rings. The molecule has 0 heterocycles. The van der Waals surface area contributed by atoms with E-state index in [1.54, 1.807) is 0 Å². The molecule has 0 saturated heterocycles. The minimum atomic E-state index is -1.09. The lowest BCUT2D eigenvalue weighted by atomic mass is 10.2. The summed E-state index contributed by atoms with van der Waals surface area (Å²) in [5.41, 5.74) is 0.840. The molecule has 0 aliphatic carbocycles. The third-order valence-electron chi connectivity index (χ3n) is 3.14. The summed E-state index contributed by atoms with van der Waals surface area (Å²) in [6.07, 6.45) is 1.53. The van der Waals surface area contributed by atoms with Crippen LogP contribution in [-0.2, 0) is 20.9 Å². The summed E-state index contributed by atoms with van der Waals surface area (Å²) < 4.78 is 5.10. The van der Waals surface area contributed by atoms with E-state index in [1.807, 2.05) is 36.6 Å². The number of hydrogen-bond acceptors (Lipinski definition) is 5. The van der Waals surface area contributed by atoms with Crippen LogP contribution in [0.4, 0.5) is 4.79 Å². The molecule has 0 bridgehead atoms. The Labute approximate surface area is 145 Å². The smallest absolute Gasteiger partial charge is 0.410 e. The molecule has 1 atom stereocenters. The molecule has 0 aliphatic heterocycles. The SMILES string of the molecule is CSCC[C@@H](NC(=O)CN(C)C(=O)OCc1ccccc1)C(=O)O. The van der Waals surface area contributed by atoms with E-state index in [0.29, 0.717) is 12.2 Å². The van der Waals surface area contributed by atoms with Crippen molar-refractivity contribution in [2.24, 2.45) is 0 Å². The highest BCUT2D eigenvalue weighted by atomic mass is 32.2. The van der Waals surface area contributed by atoms with Crippen molar-refractivity contribution in [3.63, 3.8) is 0 Å². The molecule has 24 heavy (non-hydrogen) atoms. The Morgan fingerprint density at radius 3 is 2.54 bits per heavy atom. The van der Waals surface area contributed by atoms with E-state index in [0.717, 1.165) is 10.5 Å². The van der Waals surface area contributed by atoms with E-state index in [9.17, 15) is 14.4 Å². The zero-order valence-corrected chi connectivity index (χ0v) is 14.5. The van der Waals surface area contributed by atoms with E-state index < -0.39 is 24.0 Å². The van der Waals surface area contributed by atoms with Gasteiger partial charge in [0.2, 0.25) is 5.91 Å². The lowest BCUT2D eigenvalue weighted by Crippen LogP contribution is -2.46. The molecular formula is C16H22N2O5S. The third kappa shape index (κ3) is 7.36. The lowest BCUT2D eigenvalue weighted by Gasteiger charge is -2.19. The van der Waals surface area contributed by atoms with Crippen LogP contribution < -0.4 is 5.32 Å². The molecule has 1 aromatic carbocycles. The molecular weight excluding hydrogens is 332 g/mol. The second-order valence-electron chi connectivity index (χ2n) is 5.14. The zero-order valence-electron chi connectivity index (χ0n) is 13.7. The Hall–Kier alpha value is -2.22. The highest BCUT2D eigenvalue weighted by molar-refractivity contribution is 7.98. The molecule has 132 valence electrons. The second-order valence-corrected chi connectivity index (χ2v) is 6.12. The van der Waals surface area contributed by atoms with Crippen LogP contribution in [0.5, 0.6) is 0 Å². The number of likely N-dealkylation sites (N-methyl/N-ethyl adjacent to an activating group) is 1. The first kappa shape index (κ1) is 19.8. The first-order chi connectivity index (χ1) is 11.4. The fourth-order valence-corrected chi connectivity index (χ4v) is 2.31. The first-order valence-electron chi connectivity index (χ1n) is 7.37. The van der Waals surface area contributed by atoms with Gasteiger partial charge in [0.15, 0.2) is 0 Å². The van der Waals surface area contributed by atoms with Gasteiger partial charge in [0, 0.05) is 7.05 Å². The highest BCUT2D eigenvalue weighted by Gasteiger charge is 2.21. The van der Waals surface area contributed by atoms with Gasteiger partial charge in [0.1, 0.15) is 19.2 Å². The summed E-state index contributed by atoms with van der Waals surface area (Å²) in [6.45, 7) is -0.159. The molecule has 0 unspecified atom stereocenters. The fraction of sp³-hybridized carbons (Fsp3) is 0.438. The minimum absolute atomic E-state index is 0.108. The van der Waals surface area contributed by atoms with Crippen LogP contribution in [0.3, 0.4) is 0 Å². The summed E-state index contributed by atoms with van der Waals surface area (Å²) in [5.74, 6) is -1.01. The molecule has 0 saturated carbocycles. The summed E-state index contributed by atoms with van der Waals surface area (Å²) >= 11 is 1.50. The number of rotatable bonds is 9. The van der Waals surface area contributed by atoms with Gasteiger partial charge in [0.05, 0.1) is 0 Å². The van der Waals surface area contributed by atoms with Crippen molar-refractivity contribution >= 4 is 29.7 Å². The van der Waals surface area contributed by atoms with Crippen LogP contribution in [0.2, 0.25) is 0 Å². The van der Waals surface area contributed by atoms with E-state index in [-0.39, 0.29) is 13.2 Å². The molecule has 1 aromatic rings. The quantitative estimate of drug-likeness (QED) is 0.699. The number of carbonyl (C=O) groups is 3. The van der Waals surface area contributed by atoms with Crippen LogP contribution in [0.1, 0.15) is 12.0 Å². The van der Waals surface area contributed by atoms with Crippen molar-refractivity contribution in [3.05, 3.63) is 35.9 Å². The van der Waals surface area contributed by atoms with Crippen LogP contribution >= 0.6 is 11.8 Å². The Morgan fingerprint density at radius 1 is 1.29 bits per heavy atom. The van der Waals surface area contributed by atoms with Gasteiger partial charge in [-0.3, -0.25) is 4.79 Å². The Kier molecular flexibility index (Phi) is 8.70. The maximum atomic E-state index is 11.9. The molecule has 0 aliphatic rings. The van der Waals surface area contributed by atoms with Crippen molar-refractivity contribution < 1.29 is 24.2 Å². The van der Waals surface area contributed by atoms with Crippen LogP contribution in [0, 0.1) is 0 Å². The van der Waals surface area contributed by atoms with Gasteiger partial charge >= 0.3 is 12.1 Å². The number of hydrogen-bond donors (Lipinski definition) is 2. The van der Waals surface area contributed by atoms with Gasteiger partial charge in [-0.1, -0.05) is 30.3 Å². The fourth-order valence-electron chi connectivity index (χ4n) is 1.84. The van der Waals surface area contributed by atoms with E-state index in [2.05, 4.69) is 5.32 Å². The topological polar surface area (TPSA) is 95.9 Å². The number of amides is 2. The number of nitrogens with zero attached hydrogens (tertiary/aromatic N) is 1. The second kappa shape index (κ2) is 10.5. The Balaban J connectivity index is 2.41. The van der Waals surface area contributed by atoms with E-state index in [1.165, 1.54) is 18.8 Å². The zero-order chi connectivity index (χ0) is 17.9. The molecule has 7 nitrogen and oxygen atoms in total. The largest absolute Gasteiger partial charge is 0.480 e. The van der Waals surface area contributed by atoms with Gasteiger partial charge in [-0.05, 0) is 24.0 Å². The first-order valence-corrected chi connectivity index (χ1v) is 8.76. The molecule has 8 heteroatoms. The van der Waals surface area contributed by atoms with Crippen molar-refractivity contribution in [2.45, 2.75) is 19.1 Å². The molecule has 1 rings (SSSR count). The van der Waals surface area contributed by atoms with Crippen LogP contribution in [-0.4, -0.2) is 59.6 Å². The highest BCUT2D eigenvalue weighted by Crippen LogP contribution is 2.03. The maximum Gasteiger partial charge on any atom is 0.410 e. The standard InChI is InChI=1S/C16H22N2O5S/c1-18(16(22)23-11-12-6-4-3-5-7-12)10-14(19)17-13(15(20)21)8-9-24-2/h3-7,13H,8-11H2,1-2H3,(H,17,19)(H,20,21)/t13-/m1/s1. The average molecular weight is 354 g/mol. The normalized spacial score (nSPS) is 11.4. The molecule has 2 N–H and O–H groups in total. The number of carboxylic acids is 1. The summed E-state index contributed by atoms with van der Waals surface area (Å²) in [7, 11) is 1.42. The average Bonchev–Trinajstić information content (AvgIpc) is 2.56. The number of aliphatic carboxylic acids is 1. The minimum Gasteiger partial charge on any atom is -0.480 e. The number of thioether (sulfide) groups is 1. The number of carboxylic acid groups (broad SMARTS) is 1. The Bertz CT molecular complexity index is 553. The van der Waals surface area contributed by atoms with Crippen molar-refractivity contribution in [3.8, 4) is 0 Å². The summed E-state index contributed by atoms with van der Waals surface area (Å²) in [5, 5.41) is 11.5. The van der Waals surface area contributed by atoms with Crippen molar-refractivity contribution in [1.82, 2.24) is 10.2 Å². The predicted octanol–water partition coefficient (Wildman–Crippen LogP) is 1.58. The summed E-state index contributed by atoms with van der Waals surface area (Å²) in [6, 6.07) is 8.21. The maximum absolute atomic E-state index is 11.9. The third-order valence-corrected chi connectivity index (χ3v) is 3.79. The number of nitrogens with one attached hydrogen (secondary N) is 1. The van der Waals surface area contributed by atoms with Gasteiger partial charge in [-0.25, -0.2) is 9.59 Å². The van der Waals surface area contributed by atoms with E-state index >= 15 is 0 Å². The molecule has 0 aromatic heterocycles. The molecule has 2 amide bonds. The lowest BCUT2D eigenvalue weighted by molar-refractivity contribution is -0.141.